The number of nitrogens with zero attached hydrogens (tertiary/aromatic N) is 1. The van der Waals surface area contributed by atoms with Gasteiger partial charge in [0.2, 0.25) is 0 Å². The van der Waals surface area contributed by atoms with E-state index in [0.717, 1.165) is 21.3 Å². The monoisotopic (exact) mass is 345 g/mol. The van der Waals surface area contributed by atoms with Crippen LogP contribution in [0.2, 0.25) is 0 Å². The molecule has 0 unspecified atom stereocenters. The summed E-state index contributed by atoms with van der Waals surface area (Å²) in [4.78, 5) is 0. The number of hydrogen-bond acceptors (Lipinski definition) is 3. The van der Waals surface area contributed by atoms with Crippen molar-refractivity contribution >= 4 is 15.9 Å². The van der Waals surface area contributed by atoms with Crippen molar-refractivity contribution in [3.05, 3.63) is 64.1 Å². The van der Waals surface area contributed by atoms with Crippen LogP contribution in [0.3, 0.4) is 0 Å². The van der Waals surface area contributed by atoms with Crippen LogP contribution < -0.4 is 4.74 Å². The van der Waals surface area contributed by atoms with Crippen molar-refractivity contribution in [1.82, 2.24) is 0 Å². The molecule has 0 N–H and O–H groups in total. The van der Waals surface area contributed by atoms with E-state index in [4.69, 9.17) is 14.7 Å². The van der Waals surface area contributed by atoms with Crippen molar-refractivity contribution in [1.29, 1.82) is 5.26 Å². The van der Waals surface area contributed by atoms with Gasteiger partial charge in [-0.2, -0.15) is 5.26 Å². The van der Waals surface area contributed by atoms with Gasteiger partial charge in [0.05, 0.1) is 25.7 Å². The van der Waals surface area contributed by atoms with Crippen LogP contribution in [0.15, 0.2) is 53.0 Å². The highest BCUT2D eigenvalue weighted by Crippen LogP contribution is 2.13. The SMILES string of the molecule is N#CCc1ccc(OCCOCc2cccc(Br)c2)cc1. The second kappa shape index (κ2) is 8.46. The Morgan fingerprint density at radius 3 is 2.52 bits per heavy atom. The van der Waals surface area contributed by atoms with E-state index in [9.17, 15) is 0 Å². The van der Waals surface area contributed by atoms with Gasteiger partial charge in [-0.1, -0.05) is 40.2 Å². The summed E-state index contributed by atoms with van der Waals surface area (Å²) in [6.45, 7) is 1.61. The molecule has 0 aliphatic carbocycles. The van der Waals surface area contributed by atoms with Crippen LogP contribution in [0, 0.1) is 11.3 Å². The zero-order valence-corrected chi connectivity index (χ0v) is 13.2. The van der Waals surface area contributed by atoms with Crippen LogP contribution in [0.4, 0.5) is 0 Å². The number of hydrogen-bond donors (Lipinski definition) is 0. The second-order valence-corrected chi connectivity index (χ2v) is 5.43. The Labute approximate surface area is 133 Å². The minimum Gasteiger partial charge on any atom is -0.491 e. The fourth-order valence-electron chi connectivity index (χ4n) is 1.83. The first-order chi connectivity index (χ1) is 10.3. The highest BCUT2D eigenvalue weighted by Gasteiger charge is 1.97. The fourth-order valence-corrected chi connectivity index (χ4v) is 2.28. The predicted molar refractivity (Wildman–Crippen MR) is 85.1 cm³/mol. The lowest BCUT2D eigenvalue weighted by Gasteiger charge is -2.08. The minimum absolute atomic E-state index is 0.427. The Hall–Kier alpha value is -1.83. The van der Waals surface area contributed by atoms with Gasteiger partial charge < -0.3 is 9.47 Å². The number of rotatable bonds is 7. The van der Waals surface area contributed by atoms with Crippen molar-refractivity contribution < 1.29 is 9.47 Å². The molecule has 2 rings (SSSR count). The first-order valence-corrected chi connectivity index (χ1v) is 7.48. The average molecular weight is 346 g/mol. The summed E-state index contributed by atoms with van der Waals surface area (Å²) in [5, 5.41) is 8.60. The number of halogens is 1. The summed E-state index contributed by atoms with van der Waals surface area (Å²) in [5.41, 5.74) is 2.13. The van der Waals surface area contributed by atoms with Gasteiger partial charge in [-0.3, -0.25) is 0 Å². The molecule has 4 heteroatoms. The third-order valence-corrected chi connectivity index (χ3v) is 3.35. The fraction of sp³-hybridized carbons (Fsp3) is 0.235. The van der Waals surface area contributed by atoms with Gasteiger partial charge in [-0.15, -0.1) is 0 Å². The van der Waals surface area contributed by atoms with Crippen LogP contribution in [-0.4, -0.2) is 13.2 Å². The molecule has 2 aromatic rings. The summed E-state index contributed by atoms with van der Waals surface area (Å²) in [6.07, 6.45) is 0.427. The zero-order chi connectivity index (χ0) is 14.9. The van der Waals surface area contributed by atoms with Crippen molar-refractivity contribution in [2.45, 2.75) is 13.0 Å². The molecule has 0 aliphatic rings. The largest absolute Gasteiger partial charge is 0.491 e. The molecular weight excluding hydrogens is 330 g/mol. The molecule has 0 atom stereocenters. The van der Waals surface area contributed by atoms with E-state index < -0.39 is 0 Å². The van der Waals surface area contributed by atoms with Gasteiger partial charge in [0.15, 0.2) is 0 Å². The predicted octanol–water partition coefficient (Wildman–Crippen LogP) is 4.11. The Morgan fingerprint density at radius 1 is 1.00 bits per heavy atom. The third kappa shape index (κ3) is 5.58. The minimum atomic E-state index is 0.427. The van der Waals surface area contributed by atoms with Crippen LogP contribution in [0.1, 0.15) is 11.1 Å². The van der Waals surface area contributed by atoms with Crippen LogP contribution in [-0.2, 0) is 17.8 Å². The molecule has 0 heterocycles. The molecule has 0 radical (unpaired) electrons. The van der Waals surface area contributed by atoms with Crippen molar-refractivity contribution in [3.8, 4) is 11.8 Å². The van der Waals surface area contributed by atoms with E-state index in [1.54, 1.807) is 0 Å². The highest BCUT2D eigenvalue weighted by atomic mass is 79.9. The van der Waals surface area contributed by atoms with Crippen molar-refractivity contribution in [3.63, 3.8) is 0 Å². The molecule has 0 saturated heterocycles. The van der Waals surface area contributed by atoms with Crippen molar-refractivity contribution in [2.75, 3.05) is 13.2 Å². The number of benzene rings is 2. The average Bonchev–Trinajstić information content (AvgIpc) is 2.49. The molecule has 0 aromatic heterocycles. The molecule has 0 aliphatic heterocycles. The van der Waals surface area contributed by atoms with E-state index in [1.165, 1.54) is 0 Å². The standard InChI is InChI=1S/C17H16BrNO2/c18-16-3-1-2-15(12-16)13-20-10-11-21-17-6-4-14(5-7-17)8-9-19/h1-7,12H,8,10-11,13H2. The maximum atomic E-state index is 8.60. The smallest absolute Gasteiger partial charge is 0.119 e. The Bertz CT molecular complexity index is 605. The molecule has 0 saturated carbocycles. The molecule has 0 fully saturated rings. The highest BCUT2D eigenvalue weighted by molar-refractivity contribution is 9.10. The topological polar surface area (TPSA) is 42.2 Å². The van der Waals surface area contributed by atoms with Crippen LogP contribution in [0.5, 0.6) is 5.75 Å². The number of nitriles is 1. The molecule has 21 heavy (non-hydrogen) atoms. The van der Waals surface area contributed by atoms with E-state index in [-0.39, 0.29) is 0 Å². The van der Waals surface area contributed by atoms with Gasteiger partial charge in [0, 0.05) is 4.47 Å². The quantitative estimate of drug-likeness (QED) is 0.709. The molecule has 0 amide bonds. The first-order valence-electron chi connectivity index (χ1n) is 6.69. The molecule has 0 bridgehead atoms. The van der Waals surface area contributed by atoms with Gasteiger partial charge in [0.1, 0.15) is 12.4 Å². The van der Waals surface area contributed by atoms with E-state index in [0.29, 0.717) is 26.2 Å². The van der Waals surface area contributed by atoms with Gasteiger partial charge in [0.25, 0.3) is 0 Å². The first kappa shape index (κ1) is 15.6. The third-order valence-electron chi connectivity index (χ3n) is 2.86. The van der Waals surface area contributed by atoms with Crippen LogP contribution in [0.25, 0.3) is 0 Å². The van der Waals surface area contributed by atoms with Gasteiger partial charge in [-0.05, 0) is 35.4 Å². The van der Waals surface area contributed by atoms with Crippen molar-refractivity contribution in [2.24, 2.45) is 0 Å². The Balaban J connectivity index is 1.66. The van der Waals surface area contributed by atoms with E-state index in [2.05, 4.69) is 22.0 Å². The summed E-state index contributed by atoms with van der Waals surface area (Å²) in [5.74, 6) is 0.794. The lowest BCUT2D eigenvalue weighted by molar-refractivity contribution is 0.0889. The molecule has 3 nitrogen and oxygen atoms in total. The molecule has 108 valence electrons. The lowest BCUT2D eigenvalue weighted by atomic mass is 10.2. The second-order valence-electron chi connectivity index (χ2n) is 4.51. The lowest BCUT2D eigenvalue weighted by Crippen LogP contribution is -2.06. The summed E-state index contributed by atoms with van der Waals surface area (Å²) >= 11 is 3.43. The summed E-state index contributed by atoms with van der Waals surface area (Å²) in [7, 11) is 0. The van der Waals surface area contributed by atoms with Gasteiger partial charge >= 0.3 is 0 Å². The summed E-state index contributed by atoms with van der Waals surface area (Å²) in [6, 6.07) is 17.7. The Kier molecular flexibility index (Phi) is 6.26. The molecule has 0 spiro atoms. The molecule has 2 aromatic carbocycles. The van der Waals surface area contributed by atoms with Gasteiger partial charge in [-0.25, -0.2) is 0 Å². The zero-order valence-electron chi connectivity index (χ0n) is 11.6. The maximum Gasteiger partial charge on any atom is 0.119 e. The van der Waals surface area contributed by atoms with Crippen LogP contribution >= 0.6 is 15.9 Å². The summed E-state index contributed by atoms with van der Waals surface area (Å²) < 4.78 is 12.2. The number of ether oxygens (including phenoxy) is 2. The Morgan fingerprint density at radius 2 is 1.81 bits per heavy atom. The van der Waals surface area contributed by atoms with E-state index in [1.807, 2.05) is 48.5 Å². The molecular formula is C17H16BrNO2. The van der Waals surface area contributed by atoms with E-state index >= 15 is 0 Å². The maximum absolute atomic E-state index is 8.60. The normalized spacial score (nSPS) is 10.1.